The number of likely N-dealkylation sites (tertiary alicyclic amines) is 1. The summed E-state index contributed by atoms with van der Waals surface area (Å²) in [6.45, 7) is 13.5. The molecule has 1 heterocycles. The Balaban J connectivity index is 2.27. The molecule has 1 amide bonds. The van der Waals surface area contributed by atoms with Gasteiger partial charge in [0.15, 0.2) is 0 Å². The van der Waals surface area contributed by atoms with Gasteiger partial charge >= 0.3 is 6.09 Å². The Morgan fingerprint density at radius 1 is 1.27 bits per heavy atom. The molecule has 0 aromatic rings. The molecule has 22 heavy (non-hydrogen) atoms. The van der Waals surface area contributed by atoms with Gasteiger partial charge in [-0.2, -0.15) is 0 Å². The third-order valence-corrected chi connectivity index (χ3v) is 4.49. The Morgan fingerprint density at radius 2 is 1.86 bits per heavy atom. The number of rotatable bonds is 6. The molecule has 1 unspecified atom stereocenters. The lowest BCUT2D eigenvalue weighted by Gasteiger charge is -2.34. The van der Waals surface area contributed by atoms with E-state index in [1.165, 1.54) is 0 Å². The van der Waals surface area contributed by atoms with Gasteiger partial charge in [-0.25, -0.2) is 4.79 Å². The summed E-state index contributed by atoms with van der Waals surface area (Å²) in [6.07, 6.45) is 2.79. The zero-order chi connectivity index (χ0) is 16.8. The molecule has 5 heteroatoms. The maximum absolute atomic E-state index is 12.0. The van der Waals surface area contributed by atoms with E-state index < -0.39 is 5.60 Å². The molecule has 1 atom stereocenters. The van der Waals surface area contributed by atoms with E-state index in [1.807, 2.05) is 25.7 Å². The molecule has 0 spiro atoms. The van der Waals surface area contributed by atoms with Gasteiger partial charge in [0.1, 0.15) is 5.60 Å². The Kier molecular flexibility index (Phi) is 7.13. The Labute approximate surface area is 135 Å². The van der Waals surface area contributed by atoms with Crippen molar-refractivity contribution < 1.29 is 14.6 Å². The van der Waals surface area contributed by atoms with Crippen molar-refractivity contribution in [1.82, 2.24) is 10.2 Å². The van der Waals surface area contributed by atoms with Gasteiger partial charge in [-0.1, -0.05) is 13.8 Å². The van der Waals surface area contributed by atoms with Crippen molar-refractivity contribution in [3.05, 3.63) is 0 Å². The van der Waals surface area contributed by atoms with Crippen LogP contribution in [0.2, 0.25) is 0 Å². The Morgan fingerprint density at radius 3 is 2.32 bits per heavy atom. The van der Waals surface area contributed by atoms with Crippen molar-refractivity contribution in [3.8, 4) is 0 Å². The lowest BCUT2D eigenvalue weighted by atomic mass is 9.88. The second-order valence-electron chi connectivity index (χ2n) is 7.86. The molecule has 0 bridgehead atoms. The molecular weight excluding hydrogens is 280 g/mol. The number of aliphatic hydroxyl groups excluding tert-OH is 1. The first-order valence-corrected chi connectivity index (χ1v) is 8.48. The maximum Gasteiger partial charge on any atom is 0.410 e. The second kappa shape index (κ2) is 8.16. The molecule has 0 aromatic carbocycles. The van der Waals surface area contributed by atoms with E-state index in [-0.39, 0.29) is 18.1 Å². The Bertz CT molecular complexity index is 340. The molecule has 1 rings (SSSR count). The average Bonchev–Trinajstić information content (AvgIpc) is 2.46. The van der Waals surface area contributed by atoms with Gasteiger partial charge in [0.25, 0.3) is 0 Å². The highest BCUT2D eigenvalue weighted by atomic mass is 16.6. The summed E-state index contributed by atoms with van der Waals surface area (Å²) in [7, 11) is 0. The van der Waals surface area contributed by atoms with Crippen molar-refractivity contribution in [2.45, 2.75) is 59.5 Å². The van der Waals surface area contributed by atoms with Gasteiger partial charge in [-0.3, -0.25) is 0 Å². The topological polar surface area (TPSA) is 61.8 Å². The quantitative estimate of drug-likeness (QED) is 0.791. The highest BCUT2D eigenvalue weighted by Gasteiger charge is 2.27. The summed E-state index contributed by atoms with van der Waals surface area (Å²) in [5.41, 5.74) is -0.457. The summed E-state index contributed by atoms with van der Waals surface area (Å²) in [5, 5.41) is 12.9. The van der Waals surface area contributed by atoms with E-state index in [0.29, 0.717) is 5.92 Å². The number of hydrogen-bond donors (Lipinski definition) is 2. The van der Waals surface area contributed by atoms with Crippen LogP contribution in [0.3, 0.4) is 0 Å². The van der Waals surface area contributed by atoms with E-state index in [9.17, 15) is 9.90 Å². The maximum atomic E-state index is 12.0. The Hall–Kier alpha value is -0.810. The molecule has 0 saturated carbocycles. The standard InChI is InChI=1S/C17H34N2O3/c1-6-17(5,13-20)12-18-11-14-7-9-19(10-8-14)15(21)22-16(2,3)4/h14,18,20H,6-13H2,1-5H3. The summed E-state index contributed by atoms with van der Waals surface area (Å²) in [6, 6.07) is 0. The van der Waals surface area contributed by atoms with Crippen LogP contribution in [0, 0.1) is 11.3 Å². The predicted octanol–water partition coefficient (Wildman–Crippen LogP) is 2.63. The van der Waals surface area contributed by atoms with Gasteiger partial charge < -0.3 is 20.1 Å². The van der Waals surface area contributed by atoms with Crippen LogP contribution in [0.5, 0.6) is 0 Å². The summed E-state index contributed by atoms with van der Waals surface area (Å²) in [5.74, 6) is 0.596. The predicted molar refractivity (Wildman–Crippen MR) is 88.9 cm³/mol. The van der Waals surface area contributed by atoms with Crippen molar-refractivity contribution in [3.63, 3.8) is 0 Å². The second-order valence-corrected chi connectivity index (χ2v) is 7.86. The molecule has 0 radical (unpaired) electrons. The van der Waals surface area contributed by atoms with Crippen LogP contribution >= 0.6 is 0 Å². The van der Waals surface area contributed by atoms with E-state index in [1.54, 1.807) is 0 Å². The van der Waals surface area contributed by atoms with Crippen LogP contribution in [0.4, 0.5) is 4.79 Å². The fraction of sp³-hybridized carbons (Fsp3) is 0.941. The van der Waals surface area contributed by atoms with Gasteiger partial charge in [0.05, 0.1) is 0 Å². The van der Waals surface area contributed by atoms with Crippen LogP contribution in [0.25, 0.3) is 0 Å². The largest absolute Gasteiger partial charge is 0.444 e. The van der Waals surface area contributed by atoms with Crippen molar-refractivity contribution in [2.24, 2.45) is 11.3 Å². The number of nitrogens with one attached hydrogen (secondary N) is 1. The van der Waals surface area contributed by atoms with E-state index in [4.69, 9.17) is 4.74 Å². The minimum absolute atomic E-state index is 0.0305. The van der Waals surface area contributed by atoms with Crippen molar-refractivity contribution in [2.75, 3.05) is 32.8 Å². The average molecular weight is 314 g/mol. The number of ether oxygens (including phenoxy) is 1. The minimum Gasteiger partial charge on any atom is -0.444 e. The molecule has 5 nitrogen and oxygen atoms in total. The normalized spacial score (nSPS) is 19.8. The number of aliphatic hydroxyl groups is 1. The first kappa shape index (κ1) is 19.2. The van der Waals surface area contributed by atoms with Gasteiger partial charge in [-0.05, 0) is 52.5 Å². The minimum atomic E-state index is -0.426. The monoisotopic (exact) mass is 314 g/mol. The third kappa shape index (κ3) is 6.53. The van der Waals surface area contributed by atoms with Gasteiger partial charge in [0, 0.05) is 31.7 Å². The van der Waals surface area contributed by atoms with Crippen LogP contribution in [0.1, 0.15) is 53.9 Å². The van der Waals surface area contributed by atoms with Crippen molar-refractivity contribution in [1.29, 1.82) is 0 Å². The lowest BCUT2D eigenvalue weighted by Crippen LogP contribution is -2.44. The number of nitrogens with zero attached hydrogens (tertiary/aromatic N) is 1. The van der Waals surface area contributed by atoms with Gasteiger partial charge in [-0.15, -0.1) is 0 Å². The van der Waals surface area contributed by atoms with Gasteiger partial charge in [0.2, 0.25) is 0 Å². The van der Waals surface area contributed by atoms with Crippen LogP contribution in [0.15, 0.2) is 0 Å². The fourth-order valence-electron chi connectivity index (χ4n) is 2.52. The smallest absolute Gasteiger partial charge is 0.410 e. The molecule has 1 fully saturated rings. The highest BCUT2D eigenvalue weighted by molar-refractivity contribution is 5.68. The molecular formula is C17H34N2O3. The van der Waals surface area contributed by atoms with E-state index >= 15 is 0 Å². The molecule has 1 aliphatic rings. The molecule has 130 valence electrons. The lowest BCUT2D eigenvalue weighted by molar-refractivity contribution is 0.0182. The number of hydrogen-bond acceptors (Lipinski definition) is 4. The number of carbonyl (C=O) groups excluding carboxylic acids is 1. The number of piperidine rings is 1. The van der Waals surface area contributed by atoms with Crippen LogP contribution in [-0.4, -0.2) is 54.5 Å². The molecule has 1 saturated heterocycles. The zero-order valence-electron chi connectivity index (χ0n) is 14.9. The highest BCUT2D eigenvalue weighted by Crippen LogP contribution is 2.21. The number of carbonyl (C=O) groups is 1. The number of amides is 1. The van der Waals surface area contributed by atoms with Crippen LogP contribution < -0.4 is 5.32 Å². The third-order valence-electron chi connectivity index (χ3n) is 4.49. The summed E-state index contributed by atoms with van der Waals surface area (Å²) >= 11 is 0. The first-order valence-electron chi connectivity index (χ1n) is 8.48. The molecule has 1 aliphatic heterocycles. The van der Waals surface area contributed by atoms with Crippen molar-refractivity contribution >= 4 is 6.09 Å². The first-order chi connectivity index (χ1) is 10.2. The molecule has 2 N–H and O–H groups in total. The summed E-state index contributed by atoms with van der Waals surface area (Å²) < 4.78 is 5.41. The molecule has 0 aliphatic carbocycles. The zero-order valence-corrected chi connectivity index (χ0v) is 14.9. The van der Waals surface area contributed by atoms with E-state index in [0.717, 1.165) is 45.4 Å². The summed E-state index contributed by atoms with van der Waals surface area (Å²) in [4.78, 5) is 13.8. The fourth-order valence-corrected chi connectivity index (χ4v) is 2.52. The van der Waals surface area contributed by atoms with E-state index in [2.05, 4.69) is 19.2 Å². The molecule has 0 aromatic heterocycles. The van der Waals surface area contributed by atoms with Crippen LogP contribution in [-0.2, 0) is 4.74 Å². The SMILES string of the molecule is CCC(C)(CO)CNCC1CCN(C(=O)OC(C)(C)C)CC1.